The molecule has 1 N–H and O–H groups in total. The highest BCUT2D eigenvalue weighted by Gasteiger charge is 2.30. The van der Waals surface area contributed by atoms with Crippen LogP contribution in [-0.4, -0.2) is 20.6 Å². The van der Waals surface area contributed by atoms with E-state index in [1.807, 2.05) is 4.52 Å². The van der Waals surface area contributed by atoms with Gasteiger partial charge in [0, 0.05) is 6.04 Å². The van der Waals surface area contributed by atoms with Crippen LogP contribution < -0.4 is 5.32 Å². The van der Waals surface area contributed by atoms with Gasteiger partial charge in [-0.25, -0.2) is 4.98 Å². The summed E-state index contributed by atoms with van der Waals surface area (Å²) >= 11 is 0. The van der Waals surface area contributed by atoms with Gasteiger partial charge in [-0.15, -0.1) is 0 Å². The maximum absolute atomic E-state index is 4.29. The average Bonchev–Trinajstić information content (AvgIpc) is 2.90. The highest BCUT2D eigenvalue weighted by atomic mass is 15.3. The Kier molecular flexibility index (Phi) is 2.73. The molecule has 2 heterocycles. The Bertz CT molecular complexity index is 560. The van der Waals surface area contributed by atoms with Gasteiger partial charge in [-0.3, -0.25) is 0 Å². The van der Waals surface area contributed by atoms with Crippen LogP contribution >= 0.6 is 0 Å². The van der Waals surface area contributed by atoms with E-state index < -0.39 is 0 Å². The number of anilines is 1. The summed E-state index contributed by atoms with van der Waals surface area (Å²) < 4.78 is 1.89. The lowest BCUT2D eigenvalue weighted by Gasteiger charge is -2.21. The van der Waals surface area contributed by atoms with Crippen molar-refractivity contribution in [3.05, 3.63) is 24.0 Å². The molecule has 0 bridgehead atoms. The maximum Gasteiger partial charge on any atom is 0.157 e. The van der Waals surface area contributed by atoms with Gasteiger partial charge in [-0.1, -0.05) is 13.8 Å². The minimum Gasteiger partial charge on any atom is -0.367 e. The van der Waals surface area contributed by atoms with Crippen LogP contribution in [0.3, 0.4) is 0 Å². The number of aryl methyl sites for hydroxylation is 1. The SMILES string of the molecule is Cc1cc(NC2CCC(C)C2C)n2ncnc2c1. The Morgan fingerprint density at radius 1 is 1.28 bits per heavy atom. The summed E-state index contributed by atoms with van der Waals surface area (Å²) in [5.74, 6) is 2.58. The number of aromatic nitrogens is 3. The van der Waals surface area contributed by atoms with Crippen LogP contribution in [0.25, 0.3) is 5.65 Å². The summed E-state index contributed by atoms with van der Waals surface area (Å²) in [6.07, 6.45) is 4.16. The molecule has 1 saturated carbocycles. The first kappa shape index (κ1) is 11.5. The van der Waals surface area contributed by atoms with E-state index >= 15 is 0 Å². The fourth-order valence-corrected chi connectivity index (χ4v) is 2.92. The summed E-state index contributed by atoms with van der Waals surface area (Å²) in [6, 6.07) is 4.75. The summed E-state index contributed by atoms with van der Waals surface area (Å²) in [7, 11) is 0. The van der Waals surface area contributed by atoms with Crippen LogP contribution in [-0.2, 0) is 0 Å². The minimum atomic E-state index is 0.550. The number of hydrogen-bond donors (Lipinski definition) is 1. The van der Waals surface area contributed by atoms with E-state index in [4.69, 9.17) is 0 Å². The number of nitrogens with zero attached hydrogens (tertiary/aromatic N) is 3. The summed E-state index contributed by atoms with van der Waals surface area (Å²) in [5.41, 5.74) is 2.13. The first-order valence-corrected chi connectivity index (χ1v) is 6.72. The van der Waals surface area contributed by atoms with Crippen LogP contribution in [0.1, 0.15) is 32.3 Å². The molecule has 0 amide bonds. The van der Waals surface area contributed by atoms with E-state index in [9.17, 15) is 0 Å². The van der Waals surface area contributed by atoms with Crippen molar-refractivity contribution in [3.63, 3.8) is 0 Å². The lowest BCUT2D eigenvalue weighted by molar-refractivity contribution is 0.434. The number of fused-ring (bicyclic) bond motifs is 1. The van der Waals surface area contributed by atoms with E-state index in [0.29, 0.717) is 12.0 Å². The molecule has 0 aliphatic heterocycles. The largest absolute Gasteiger partial charge is 0.367 e. The van der Waals surface area contributed by atoms with Crippen molar-refractivity contribution in [2.24, 2.45) is 11.8 Å². The van der Waals surface area contributed by atoms with Gasteiger partial charge in [0.1, 0.15) is 12.1 Å². The Morgan fingerprint density at radius 2 is 2.11 bits per heavy atom. The Hall–Kier alpha value is -1.58. The van der Waals surface area contributed by atoms with Crippen molar-refractivity contribution in [2.45, 2.75) is 39.7 Å². The molecule has 1 aliphatic rings. The molecule has 4 nitrogen and oxygen atoms in total. The Morgan fingerprint density at radius 3 is 2.83 bits per heavy atom. The number of pyridine rings is 1. The molecule has 2 aromatic heterocycles. The normalized spacial score (nSPS) is 27.8. The lowest BCUT2D eigenvalue weighted by Crippen LogP contribution is -2.25. The molecule has 0 saturated heterocycles. The molecule has 18 heavy (non-hydrogen) atoms. The summed E-state index contributed by atoms with van der Waals surface area (Å²) in [6.45, 7) is 6.78. The fraction of sp³-hybridized carbons (Fsp3) is 0.571. The molecule has 0 aromatic carbocycles. The third-order valence-corrected chi connectivity index (χ3v) is 4.32. The highest BCUT2D eigenvalue weighted by molar-refractivity contribution is 5.51. The van der Waals surface area contributed by atoms with E-state index in [1.54, 1.807) is 6.33 Å². The number of rotatable bonds is 2. The molecule has 1 fully saturated rings. The molecule has 0 radical (unpaired) electrons. The molecular weight excluding hydrogens is 224 g/mol. The van der Waals surface area contributed by atoms with Gasteiger partial charge in [0.25, 0.3) is 0 Å². The smallest absolute Gasteiger partial charge is 0.157 e. The van der Waals surface area contributed by atoms with Crippen molar-refractivity contribution in [2.75, 3.05) is 5.32 Å². The van der Waals surface area contributed by atoms with Crippen LogP contribution in [0.15, 0.2) is 18.5 Å². The van der Waals surface area contributed by atoms with Gasteiger partial charge in [0.15, 0.2) is 5.65 Å². The van der Waals surface area contributed by atoms with Gasteiger partial charge in [-0.05, 0) is 49.3 Å². The third kappa shape index (κ3) is 1.85. The van der Waals surface area contributed by atoms with E-state index in [0.717, 1.165) is 17.4 Å². The number of nitrogens with one attached hydrogen (secondary N) is 1. The van der Waals surface area contributed by atoms with Gasteiger partial charge in [0.05, 0.1) is 0 Å². The Labute approximate surface area is 107 Å². The maximum atomic E-state index is 4.29. The molecular formula is C14H20N4. The topological polar surface area (TPSA) is 42.2 Å². The van der Waals surface area contributed by atoms with Crippen molar-refractivity contribution < 1.29 is 0 Å². The van der Waals surface area contributed by atoms with Crippen molar-refractivity contribution in [1.82, 2.24) is 14.6 Å². The fourth-order valence-electron chi connectivity index (χ4n) is 2.92. The second-order valence-electron chi connectivity index (χ2n) is 5.61. The van der Waals surface area contributed by atoms with Crippen LogP contribution in [0.5, 0.6) is 0 Å². The van der Waals surface area contributed by atoms with Gasteiger partial charge in [0.2, 0.25) is 0 Å². The highest BCUT2D eigenvalue weighted by Crippen LogP contribution is 2.33. The van der Waals surface area contributed by atoms with Crippen LogP contribution in [0.4, 0.5) is 5.82 Å². The quantitative estimate of drug-likeness (QED) is 0.883. The summed E-state index contributed by atoms with van der Waals surface area (Å²) in [4.78, 5) is 4.26. The molecule has 0 spiro atoms. The first-order valence-electron chi connectivity index (χ1n) is 6.72. The zero-order valence-corrected chi connectivity index (χ0v) is 11.2. The lowest BCUT2D eigenvalue weighted by atomic mass is 9.98. The molecule has 2 aromatic rings. The predicted molar refractivity (Wildman–Crippen MR) is 72.7 cm³/mol. The molecule has 4 heteroatoms. The van der Waals surface area contributed by atoms with E-state index in [1.165, 1.54) is 18.4 Å². The first-order chi connectivity index (χ1) is 8.65. The molecule has 3 atom stereocenters. The molecule has 96 valence electrons. The summed E-state index contributed by atoms with van der Waals surface area (Å²) in [5, 5.41) is 7.94. The van der Waals surface area contributed by atoms with Crippen molar-refractivity contribution >= 4 is 11.5 Å². The predicted octanol–water partition coefficient (Wildman–Crippen LogP) is 2.88. The van der Waals surface area contributed by atoms with Gasteiger partial charge >= 0.3 is 0 Å². The van der Waals surface area contributed by atoms with Crippen LogP contribution in [0, 0.1) is 18.8 Å². The second-order valence-corrected chi connectivity index (χ2v) is 5.61. The molecule has 1 aliphatic carbocycles. The third-order valence-electron chi connectivity index (χ3n) is 4.32. The van der Waals surface area contributed by atoms with Crippen molar-refractivity contribution in [3.8, 4) is 0 Å². The number of hydrogen-bond acceptors (Lipinski definition) is 3. The zero-order chi connectivity index (χ0) is 12.7. The zero-order valence-electron chi connectivity index (χ0n) is 11.2. The van der Waals surface area contributed by atoms with E-state index in [-0.39, 0.29) is 0 Å². The van der Waals surface area contributed by atoms with E-state index in [2.05, 4.69) is 48.3 Å². The molecule has 3 unspecified atom stereocenters. The molecule has 3 rings (SSSR count). The van der Waals surface area contributed by atoms with Crippen LogP contribution in [0.2, 0.25) is 0 Å². The van der Waals surface area contributed by atoms with Gasteiger partial charge < -0.3 is 5.32 Å². The second kappa shape index (κ2) is 4.26. The average molecular weight is 244 g/mol. The monoisotopic (exact) mass is 244 g/mol. The minimum absolute atomic E-state index is 0.550. The van der Waals surface area contributed by atoms with Crippen molar-refractivity contribution in [1.29, 1.82) is 0 Å². The standard InChI is InChI=1S/C14H20N4/c1-9-6-13-15-8-16-18(13)14(7-9)17-12-5-4-10(2)11(12)3/h6-8,10-12,17H,4-5H2,1-3H3. The van der Waals surface area contributed by atoms with Gasteiger partial charge in [-0.2, -0.15) is 9.61 Å². The Balaban J connectivity index is 1.92.